The Morgan fingerprint density at radius 1 is 1.53 bits per heavy atom. The van der Waals surface area contributed by atoms with Gasteiger partial charge in [0, 0.05) is 18.0 Å². The van der Waals surface area contributed by atoms with Gasteiger partial charge in [0.2, 0.25) is 0 Å². The molecule has 0 amide bonds. The lowest BCUT2D eigenvalue weighted by molar-refractivity contribution is 0.248. The summed E-state index contributed by atoms with van der Waals surface area (Å²) in [6.45, 7) is 7.65. The first-order chi connectivity index (χ1) is 8.04. The monoisotopic (exact) mass is 236 g/mol. The highest BCUT2D eigenvalue weighted by Gasteiger charge is 2.39. The minimum atomic E-state index is 0.00361. The molecule has 0 aliphatic heterocycles. The summed E-state index contributed by atoms with van der Waals surface area (Å²) in [6.07, 6.45) is 6.58. The fraction of sp³-hybridized carbons (Fsp3) is 0.846. The van der Waals surface area contributed by atoms with Crippen LogP contribution in [0.2, 0.25) is 0 Å². The molecule has 0 saturated heterocycles. The van der Waals surface area contributed by atoms with Crippen LogP contribution in [0.25, 0.3) is 0 Å². The molecule has 2 rings (SSSR count). The average molecular weight is 236 g/mol. The second kappa shape index (κ2) is 4.77. The van der Waals surface area contributed by atoms with Gasteiger partial charge in [0.25, 0.3) is 0 Å². The summed E-state index contributed by atoms with van der Waals surface area (Å²) >= 11 is 0. The zero-order chi connectivity index (χ0) is 12.5. The predicted molar refractivity (Wildman–Crippen MR) is 68.7 cm³/mol. The van der Waals surface area contributed by atoms with Crippen molar-refractivity contribution in [2.24, 2.45) is 11.7 Å². The van der Waals surface area contributed by atoms with Crippen molar-refractivity contribution in [2.75, 3.05) is 0 Å². The molecule has 2 unspecified atom stereocenters. The maximum atomic E-state index is 6.32. The molecule has 1 aliphatic carbocycles. The Balaban J connectivity index is 2.28. The van der Waals surface area contributed by atoms with E-state index >= 15 is 0 Å². The third-order valence-electron chi connectivity index (χ3n) is 3.97. The fourth-order valence-corrected chi connectivity index (χ4v) is 2.86. The van der Waals surface area contributed by atoms with Crippen LogP contribution >= 0.6 is 0 Å². The molecule has 1 saturated carbocycles. The Kier molecular flexibility index (Phi) is 3.52. The van der Waals surface area contributed by atoms with Crippen LogP contribution in [0, 0.1) is 5.92 Å². The summed E-state index contributed by atoms with van der Waals surface area (Å²) in [7, 11) is 0. The molecule has 0 radical (unpaired) electrons. The van der Waals surface area contributed by atoms with E-state index in [-0.39, 0.29) is 11.5 Å². The van der Waals surface area contributed by atoms with Crippen molar-refractivity contribution in [1.29, 1.82) is 0 Å². The molecule has 1 heterocycles. The van der Waals surface area contributed by atoms with Gasteiger partial charge in [0.05, 0.1) is 0 Å². The van der Waals surface area contributed by atoms with Gasteiger partial charge >= 0.3 is 0 Å². The van der Waals surface area contributed by atoms with E-state index in [2.05, 4.69) is 35.5 Å². The molecule has 2 atom stereocenters. The van der Waals surface area contributed by atoms with Gasteiger partial charge < -0.3 is 10.3 Å². The molecule has 1 aliphatic rings. The van der Waals surface area contributed by atoms with E-state index in [4.69, 9.17) is 5.73 Å². The predicted octanol–water partition coefficient (Wildman–Crippen LogP) is 2.09. The first-order valence-corrected chi connectivity index (χ1v) is 6.68. The third kappa shape index (κ3) is 2.37. The van der Waals surface area contributed by atoms with Crippen molar-refractivity contribution in [3.63, 3.8) is 0 Å². The number of rotatable bonds is 3. The van der Waals surface area contributed by atoms with Crippen LogP contribution in [-0.4, -0.2) is 20.8 Å². The lowest BCUT2D eigenvalue weighted by Crippen LogP contribution is -2.47. The van der Waals surface area contributed by atoms with E-state index in [0.717, 1.165) is 25.2 Å². The van der Waals surface area contributed by atoms with Crippen LogP contribution in [0.3, 0.4) is 0 Å². The molecule has 17 heavy (non-hydrogen) atoms. The highest BCUT2D eigenvalue weighted by molar-refractivity contribution is 5.12. The van der Waals surface area contributed by atoms with Gasteiger partial charge in [-0.15, -0.1) is 10.2 Å². The second-order valence-corrected chi connectivity index (χ2v) is 5.97. The molecule has 0 bridgehead atoms. The normalized spacial score (nSPS) is 29.8. The summed E-state index contributed by atoms with van der Waals surface area (Å²) < 4.78 is 2.19. The van der Waals surface area contributed by atoms with Gasteiger partial charge in [-0.05, 0) is 18.8 Å². The van der Waals surface area contributed by atoms with Gasteiger partial charge in [-0.25, -0.2) is 0 Å². The minimum absolute atomic E-state index is 0.00361. The Morgan fingerprint density at radius 3 is 2.94 bits per heavy atom. The van der Waals surface area contributed by atoms with Crippen LogP contribution in [0.1, 0.15) is 52.3 Å². The molecular weight excluding hydrogens is 212 g/mol. The number of nitrogens with two attached hydrogens (primary N) is 1. The summed E-state index contributed by atoms with van der Waals surface area (Å²) in [6, 6.07) is 0.214. The summed E-state index contributed by atoms with van der Waals surface area (Å²) in [5, 5.41) is 8.44. The van der Waals surface area contributed by atoms with E-state index in [0.29, 0.717) is 5.92 Å². The quantitative estimate of drug-likeness (QED) is 0.874. The molecule has 0 spiro atoms. The maximum absolute atomic E-state index is 6.32. The fourth-order valence-electron chi connectivity index (χ4n) is 2.86. The largest absolute Gasteiger partial charge is 0.327 e. The highest BCUT2D eigenvalue weighted by atomic mass is 15.3. The van der Waals surface area contributed by atoms with Crippen molar-refractivity contribution in [1.82, 2.24) is 14.8 Å². The Hall–Kier alpha value is -0.900. The average Bonchev–Trinajstić information content (AvgIpc) is 2.70. The molecule has 1 aromatic rings. The van der Waals surface area contributed by atoms with E-state index in [1.165, 1.54) is 12.8 Å². The third-order valence-corrected chi connectivity index (χ3v) is 3.97. The smallest absolute Gasteiger partial charge is 0.140 e. The molecule has 4 heteroatoms. The van der Waals surface area contributed by atoms with Gasteiger partial charge in [-0.1, -0.05) is 33.6 Å². The molecular formula is C13H24N4. The zero-order valence-corrected chi connectivity index (χ0v) is 11.2. The molecule has 1 aromatic heterocycles. The number of hydrogen-bond donors (Lipinski definition) is 1. The Labute approximate surface area is 104 Å². The SMILES string of the molecule is CC(C)Cn1cnnc1C1(C)CCCCC1N. The van der Waals surface area contributed by atoms with Crippen LogP contribution in [0.15, 0.2) is 6.33 Å². The maximum Gasteiger partial charge on any atom is 0.140 e. The van der Waals surface area contributed by atoms with Crippen LogP contribution in [-0.2, 0) is 12.0 Å². The molecule has 96 valence electrons. The van der Waals surface area contributed by atoms with Crippen LogP contribution in [0.4, 0.5) is 0 Å². The number of aromatic nitrogens is 3. The molecule has 1 fully saturated rings. The topological polar surface area (TPSA) is 56.7 Å². The van der Waals surface area contributed by atoms with Crippen molar-refractivity contribution in [2.45, 2.75) is 64.5 Å². The summed E-state index contributed by atoms with van der Waals surface area (Å²) in [5.41, 5.74) is 6.33. The Morgan fingerprint density at radius 2 is 2.29 bits per heavy atom. The van der Waals surface area contributed by atoms with Gasteiger partial charge in [0.15, 0.2) is 0 Å². The van der Waals surface area contributed by atoms with E-state index in [9.17, 15) is 0 Å². The molecule has 4 nitrogen and oxygen atoms in total. The van der Waals surface area contributed by atoms with Crippen molar-refractivity contribution in [3.8, 4) is 0 Å². The zero-order valence-electron chi connectivity index (χ0n) is 11.2. The van der Waals surface area contributed by atoms with E-state index in [1.54, 1.807) is 0 Å². The van der Waals surface area contributed by atoms with Gasteiger partial charge in [-0.2, -0.15) is 0 Å². The standard InChI is InChI=1S/C13H24N4/c1-10(2)8-17-9-15-16-12(17)13(3)7-5-4-6-11(13)14/h9-11H,4-8,14H2,1-3H3. The minimum Gasteiger partial charge on any atom is -0.327 e. The molecule has 2 N–H and O–H groups in total. The van der Waals surface area contributed by atoms with Gasteiger partial charge in [-0.3, -0.25) is 0 Å². The van der Waals surface area contributed by atoms with E-state index < -0.39 is 0 Å². The molecule has 0 aromatic carbocycles. The first-order valence-electron chi connectivity index (χ1n) is 6.68. The Bertz CT molecular complexity index is 371. The first kappa shape index (κ1) is 12.6. The van der Waals surface area contributed by atoms with Gasteiger partial charge in [0.1, 0.15) is 12.2 Å². The highest BCUT2D eigenvalue weighted by Crippen LogP contribution is 2.37. The van der Waals surface area contributed by atoms with Crippen molar-refractivity contribution in [3.05, 3.63) is 12.2 Å². The summed E-state index contributed by atoms with van der Waals surface area (Å²) in [4.78, 5) is 0. The van der Waals surface area contributed by atoms with Crippen LogP contribution in [0.5, 0.6) is 0 Å². The number of nitrogens with zero attached hydrogens (tertiary/aromatic N) is 3. The van der Waals surface area contributed by atoms with Crippen LogP contribution < -0.4 is 5.73 Å². The second-order valence-electron chi connectivity index (χ2n) is 5.97. The summed E-state index contributed by atoms with van der Waals surface area (Å²) in [5.74, 6) is 1.69. The van der Waals surface area contributed by atoms with E-state index in [1.807, 2.05) is 6.33 Å². The number of hydrogen-bond acceptors (Lipinski definition) is 3. The lowest BCUT2D eigenvalue weighted by atomic mass is 9.71. The van der Waals surface area contributed by atoms with Crippen molar-refractivity contribution < 1.29 is 0 Å². The lowest BCUT2D eigenvalue weighted by Gasteiger charge is -2.38. The van der Waals surface area contributed by atoms with Crippen molar-refractivity contribution >= 4 is 0 Å².